The van der Waals surface area contributed by atoms with E-state index in [0.717, 1.165) is 33.5 Å². The molecule has 19 heavy (non-hydrogen) atoms. The van der Waals surface area contributed by atoms with Gasteiger partial charge in [-0.25, -0.2) is 4.98 Å². The zero-order valence-corrected chi connectivity index (χ0v) is 11.6. The molecule has 1 atom stereocenters. The first-order valence-corrected chi connectivity index (χ1v) is 6.98. The third kappa shape index (κ3) is 1.83. The molecular formula is C15H11BrN2O. The van der Waals surface area contributed by atoms with Crippen molar-refractivity contribution in [3.05, 3.63) is 58.3 Å². The van der Waals surface area contributed by atoms with Gasteiger partial charge in [-0.15, -0.1) is 0 Å². The van der Waals surface area contributed by atoms with Gasteiger partial charge in [-0.2, -0.15) is 0 Å². The molecule has 1 aliphatic heterocycles. The Balaban J connectivity index is 1.73. The molecule has 0 saturated carbocycles. The standard InChI is InChI=1S/C15H11BrN2O/c16-10-5-6-11-12(8-10)18-15(17-11)14-7-9-3-1-2-4-13(9)19-14/h1-6,8,14H,7H2,(H,17,18). The van der Waals surface area contributed by atoms with E-state index >= 15 is 0 Å². The predicted octanol–water partition coefficient (Wildman–Crippen LogP) is 4.00. The van der Waals surface area contributed by atoms with Crippen LogP contribution in [0.2, 0.25) is 0 Å². The zero-order valence-electron chi connectivity index (χ0n) is 10.1. The van der Waals surface area contributed by atoms with Crippen molar-refractivity contribution in [3.63, 3.8) is 0 Å². The second-order valence-corrected chi connectivity index (χ2v) is 5.62. The molecule has 1 aliphatic rings. The normalized spacial score (nSPS) is 17.4. The minimum absolute atomic E-state index is 0.0106. The van der Waals surface area contributed by atoms with Crippen LogP contribution in [0, 0.1) is 0 Å². The number of imidazole rings is 1. The van der Waals surface area contributed by atoms with E-state index in [1.165, 1.54) is 5.56 Å². The maximum atomic E-state index is 5.95. The molecule has 3 nitrogen and oxygen atoms in total. The lowest BCUT2D eigenvalue weighted by Gasteiger charge is -2.06. The molecule has 4 heteroatoms. The fraction of sp³-hybridized carbons (Fsp3) is 0.133. The van der Waals surface area contributed by atoms with Crippen LogP contribution in [0.4, 0.5) is 0 Å². The Morgan fingerprint density at radius 3 is 3.00 bits per heavy atom. The summed E-state index contributed by atoms with van der Waals surface area (Å²) in [4.78, 5) is 7.96. The van der Waals surface area contributed by atoms with Crippen LogP contribution in [-0.4, -0.2) is 9.97 Å². The highest BCUT2D eigenvalue weighted by atomic mass is 79.9. The number of benzene rings is 2. The highest BCUT2D eigenvalue weighted by Gasteiger charge is 2.26. The molecule has 0 amide bonds. The lowest BCUT2D eigenvalue weighted by atomic mass is 10.1. The summed E-state index contributed by atoms with van der Waals surface area (Å²) in [7, 11) is 0. The quantitative estimate of drug-likeness (QED) is 0.737. The predicted molar refractivity (Wildman–Crippen MR) is 77.3 cm³/mol. The number of rotatable bonds is 1. The fourth-order valence-corrected chi connectivity index (χ4v) is 2.85. The Hall–Kier alpha value is -1.81. The van der Waals surface area contributed by atoms with Gasteiger partial charge < -0.3 is 9.72 Å². The highest BCUT2D eigenvalue weighted by molar-refractivity contribution is 9.10. The summed E-state index contributed by atoms with van der Waals surface area (Å²) >= 11 is 3.47. The van der Waals surface area contributed by atoms with E-state index in [1.54, 1.807) is 0 Å². The minimum Gasteiger partial charge on any atom is -0.482 e. The van der Waals surface area contributed by atoms with Crippen molar-refractivity contribution in [1.29, 1.82) is 0 Å². The molecule has 3 aromatic rings. The van der Waals surface area contributed by atoms with Crippen LogP contribution in [0.15, 0.2) is 46.9 Å². The Bertz CT molecular complexity index is 741. The number of fused-ring (bicyclic) bond motifs is 2. The number of hydrogen-bond acceptors (Lipinski definition) is 2. The first-order valence-electron chi connectivity index (χ1n) is 6.19. The van der Waals surface area contributed by atoms with Gasteiger partial charge >= 0.3 is 0 Å². The number of aromatic nitrogens is 2. The van der Waals surface area contributed by atoms with E-state index in [9.17, 15) is 0 Å². The number of nitrogens with zero attached hydrogens (tertiary/aromatic N) is 1. The number of hydrogen-bond donors (Lipinski definition) is 1. The van der Waals surface area contributed by atoms with E-state index in [2.05, 4.69) is 32.0 Å². The lowest BCUT2D eigenvalue weighted by molar-refractivity contribution is 0.229. The SMILES string of the molecule is Brc1ccc2nc(C3Cc4ccccc4O3)[nH]c2c1. The number of ether oxygens (including phenoxy) is 1. The summed E-state index contributed by atoms with van der Waals surface area (Å²) in [6.45, 7) is 0. The smallest absolute Gasteiger partial charge is 0.160 e. The summed E-state index contributed by atoms with van der Waals surface area (Å²) in [6, 6.07) is 14.2. The summed E-state index contributed by atoms with van der Waals surface area (Å²) < 4.78 is 6.99. The van der Waals surface area contributed by atoms with Gasteiger partial charge in [0.05, 0.1) is 11.0 Å². The Morgan fingerprint density at radius 2 is 2.11 bits per heavy atom. The third-order valence-corrected chi connectivity index (χ3v) is 3.91. The Morgan fingerprint density at radius 1 is 1.21 bits per heavy atom. The van der Waals surface area contributed by atoms with Gasteiger partial charge in [0.25, 0.3) is 0 Å². The first kappa shape index (κ1) is 11.1. The molecule has 1 aromatic heterocycles. The fourth-order valence-electron chi connectivity index (χ4n) is 2.49. The van der Waals surface area contributed by atoms with E-state index in [0.29, 0.717) is 0 Å². The average molecular weight is 315 g/mol. The van der Waals surface area contributed by atoms with Crippen molar-refractivity contribution >= 4 is 27.0 Å². The van der Waals surface area contributed by atoms with Gasteiger partial charge in [0.2, 0.25) is 0 Å². The molecule has 0 aliphatic carbocycles. The number of halogens is 1. The number of aromatic amines is 1. The van der Waals surface area contributed by atoms with Gasteiger partial charge in [-0.1, -0.05) is 34.1 Å². The van der Waals surface area contributed by atoms with Gasteiger partial charge in [-0.05, 0) is 29.8 Å². The van der Waals surface area contributed by atoms with Crippen molar-refractivity contribution in [2.75, 3.05) is 0 Å². The Labute approximate surface area is 118 Å². The maximum absolute atomic E-state index is 5.95. The van der Waals surface area contributed by atoms with Crippen LogP contribution < -0.4 is 4.74 Å². The second kappa shape index (κ2) is 4.10. The van der Waals surface area contributed by atoms with Crippen molar-refractivity contribution < 1.29 is 4.74 Å². The number of para-hydroxylation sites is 1. The molecule has 0 fully saturated rings. The summed E-state index contributed by atoms with van der Waals surface area (Å²) in [5.41, 5.74) is 3.25. The summed E-state index contributed by atoms with van der Waals surface area (Å²) in [5, 5.41) is 0. The van der Waals surface area contributed by atoms with Crippen LogP contribution in [0.3, 0.4) is 0 Å². The lowest BCUT2D eigenvalue weighted by Crippen LogP contribution is -2.05. The van der Waals surface area contributed by atoms with Crippen LogP contribution in [0.1, 0.15) is 17.5 Å². The summed E-state index contributed by atoms with van der Waals surface area (Å²) in [6.07, 6.45) is 0.862. The largest absolute Gasteiger partial charge is 0.482 e. The number of nitrogens with one attached hydrogen (secondary N) is 1. The van der Waals surface area contributed by atoms with Gasteiger partial charge in [-0.3, -0.25) is 0 Å². The van der Waals surface area contributed by atoms with E-state index in [-0.39, 0.29) is 6.10 Å². The maximum Gasteiger partial charge on any atom is 0.160 e. The van der Waals surface area contributed by atoms with Gasteiger partial charge in [0.15, 0.2) is 6.10 Å². The second-order valence-electron chi connectivity index (χ2n) is 4.70. The van der Waals surface area contributed by atoms with Gasteiger partial charge in [0.1, 0.15) is 11.6 Å². The minimum atomic E-state index is -0.0106. The third-order valence-electron chi connectivity index (χ3n) is 3.41. The van der Waals surface area contributed by atoms with Gasteiger partial charge in [0, 0.05) is 10.9 Å². The van der Waals surface area contributed by atoms with E-state index in [4.69, 9.17) is 4.74 Å². The van der Waals surface area contributed by atoms with Crippen molar-refractivity contribution in [2.24, 2.45) is 0 Å². The monoisotopic (exact) mass is 314 g/mol. The molecule has 0 spiro atoms. The molecule has 0 radical (unpaired) electrons. The van der Waals surface area contributed by atoms with Crippen molar-refractivity contribution in [2.45, 2.75) is 12.5 Å². The van der Waals surface area contributed by atoms with Crippen LogP contribution in [0.25, 0.3) is 11.0 Å². The van der Waals surface area contributed by atoms with E-state index < -0.39 is 0 Å². The molecule has 0 saturated heterocycles. The number of H-pyrrole nitrogens is 1. The molecule has 2 aromatic carbocycles. The van der Waals surface area contributed by atoms with Crippen molar-refractivity contribution in [1.82, 2.24) is 9.97 Å². The highest BCUT2D eigenvalue weighted by Crippen LogP contribution is 2.35. The van der Waals surface area contributed by atoms with E-state index in [1.807, 2.05) is 36.4 Å². The molecule has 1 N–H and O–H groups in total. The topological polar surface area (TPSA) is 37.9 Å². The van der Waals surface area contributed by atoms with Crippen LogP contribution >= 0.6 is 15.9 Å². The molecule has 94 valence electrons. The summed E-state index contributed by atoms with van der Waals surface area (Å²) in [5.74, 6) is 1.86. The Kier molecular flexibility index (Phi) is 2.38. The first-order chi connectivity index (χ1) is 9.29. The van der Waals surface area contributed by atoms with Crippen LogP contribution in [-0.2, 0) is 6.42 Å². The van der Waals surface area contributed by atoms with Crippen molar-refractivity contribution in [3.8, 4) is 5.75 Å². The molecule has 1 unspecified atom stereocenters. The molecule has 2 heterocycles. The average Bonchev–Trinajstić information content (AvgIpc) is 3.00. The molecule has 4 rings (SSSR count). The molecular weight excluding hydrogens is 304 g/mol. The van der Waals surface area contributed by atoms with Crippen LogP contribution in [0.5, 0.6) is 5.75 Å². The zero-order chi connectivity index (χ0) is 12.8. The molecule has 0 bridgehead atoms.